The van der Waals surface area contributed by atoms with Gasteiger partial charge in [-0.2, -0.15) is 0 Å². The summed E-state index contributed by atoms with van der Waals surface area (Å²) >= 11 is 0. The van der Waals surface area contributed by atoms with Crippen LogP contribution in [0, 0.1) is 111 Å². The summed E-state index contributed by atoms with van der Waals surface area (Å²) in [7, 11) is 0. The zero-order chi connectivity index (χ0) is 46.2. The number of hydrogen-bond donors (Lipinski definition) is 0. The van der Waals surface area contributed by atoms with Gasteiger partial charge < -0.3 is 0 Å². The van der Waals surface area contributed by atoms with E-state index >= 15 is 0 Å². The molecule has 8 aromatic rings. The Labute approximate surface area is 385 Å². The SMILES string of the molecule is Cc1c(C)c(C)c2c(c1C)B(c1cc(C(C)C)c3ccc4c(B5c6c(C)c(C)c(C)c(C)c6-c6c(C)c(C)c(C)c(C)c65)cc(C(C)C)c5ccc1c3c45)c1c(C)c(C)c(C)c(C)c1-2. The van der Waals surface area contributed by atoms with Gasteiger partial charge in [-0.15, -0.1) is 0 Å². The van der Waals surface area contributed by atoms with Gasteiger partial charge in [0.2, 0.25) is 13.4 Å². The lowest BCUT2D eigenvalue weighted by Gasteiger charge is -2.27. The monoisotopic (exact) mass is 835 g/mol. The maximum Gasteiger partial charge on any atom is 0.244 e. The standard InChI is InChI=1S/C62H68B2/c1-27(2)49-25-51(63-59-41(17)33(9)29(5)37(13)53(59)54-38(14)30(6)34(10)42(18)60(54)63)47-24-22-46-50(28(3)4)26-52(48-23-21-45(49)57(47)58(46)48)64-61-43(19)35(11)31(7)39(15)55(61)56-40(16)32(8)36(12)44(20)62(56)64/h21-28H,1-20H3. The van der Waals surface area contributed by atoms with Gasteiger partial charge >= 0.3 is 0 Å². The second kappa shape index (κ2) is 14.2. The molecule has 2 heteroatoms. The van der Waals surface area contributed by atoms with Crippen LogP contribution >= 0.6 is 0 Å². The van der Waals surface area contributed by atoms with Crippen molar-refractivity contribution in [3.63, 3.8) is 0 Å². The van der Waals surface area contributed by atoms with Crippen molar-refractivity contribution < 1.29 is 0 Å². The van der Waals surface area contributed by atoms with Crippen molar-refractivity contribution in [1.29, 1.82) is 0 Å². The van der Waals surface area contributed by atoms with Gasteiger partial charge in [-0.05, 0) is 255 Å². The van der Waals surface area contributed by atoms with Gasteiger partial charge in [0.05, 0.1) is 0 Å². The van der Waals surface area contributed by atoms with Crippen molar-refractivity contribution in [2.45, 2.75) is 150 Å². The minimum Gasteiger partial charge on any atom is -0.0623 e. The predicted octanol–water partition coefficient (Wildman–Crippen LogP) is 12.8. The summed E-state index contributed by atoms with van der Waals surface area (Å²) in [6.45, 7) is 48.1. The van der Waals surface area contributed by atoms with Crippen LogP contribution in [0.5, 0.6) is 0 Å². The molecule has 0 atom stereocenters. The molecule has 2 heterocycles. The lowest BCUT2D eigenvalue weighted by atomic mass is 9.36. The maximum atomic E-state index is 2.66. The van der Waals surface area contributed by atoms with Crippen LogP contribution in [-0.2, 0) is 0 Å². The molecular weight excluding hydrogens is 766 g/mol. The van der Waals surface area contributed by atoms with Crippen molar-refractivity contribution in [1.82, 2.24) is 0 Å². The molecule has 64 heavy (non-hydrogen) atoms. The summed E-state index contributed by atoms with van der Waals surface area (Å²) in [5.41, 5.74) is 41.1. The van der Waals surface area contributed by atoms with E-state index < -0.39 is 0 Å². The fraction of sp³-hybridized carbons (Fsp3) is 0.355. The Balaban J connectivity index is 1.40. The van der Waals surface area contributed by atoms with Gasteiger partial charge in [-0.3, -0.25) is 0 Å². The molecule has 10 rings (SSSR count). The normalized spacial score (nSPS) is 13.2. The highest BCUT2D eigenvalue weighted by Gasteiger charge is 2.43. The molecule has 2 aliphatic heterocycles. The second-order valence-corrected chi connectivity index (χ2v) is 21.5. The van der Waals surface area contributed by atoms with Crippen LogP contribution < -0.4 is 32.8 Å². The van der Waals surface area contributed by atoms with Crippen LogP contribution in [0.3, 0.4) is 0 Å². The maximum absolute atomic E-state index is 2.66. The fourth-order valence-corrected chi connectivity index (χ4v) is 13.5. The van der Waals surface area contributed by atoms with Crippen LogP contribution in [0.4, 0.5) is 0 Å². The largest absolute Gasteiger partial charge is 0.244 e. The Kier molecular flexibility index (Phi) is 9.52. The van der Waals surface area contributed by atoms with Gasteiger partial charge in [-0.1, -0.05) is 119 Å². The van der Waals surface area contributed by atoms with Crippen molar-refractivity contribution in [2.75, 3.05) is 0 Å². The minimum absolute atomic E-state index is 0.148. The minimum atomic E-state index is 0.148. The molecule has 2 aliphatic rings. The summed E-state index contributed by atoms with van der Waals surface area (Å²) < 4.78 is 0. The number of fused-ring (bicyclic) bond motifs is 6. The van der Waals surface area contributed by atoms with E-state index in [1.54, 1.807) is 0 Å². The van der Waals surface area contributed by atoms with Crippen molar-refractivity contribution in [2.24, 2.45) is 0 Å². The van der Waals surface area contributed by atoms with E-state index in [0.29, 0.717) is 11.8 Å². The summed E-state index contributed by atoms with van der Waals surface area (Å²) in [6, 6.07) is 15.4. The summed E-state index contributed by atoms with van der Waals surface area (Å²) in [5, 5.41) is 8.60. The Morgan fingerprint density at radius 2 is 0.500 bits per heavy atom. The van der Waals surface area contributed by atoms with Crippen LogP contribution in [0.1, 0.15) is 140 Å². The molecule has 0 radical (unpaired) electrons. The van der Waals surface area contributed by atoms with E-state index in [0.717, 1.165) is 0 Å². The van der Waals surface area contributed by atoms with Gasteiger partial charge in [-0.25, -0.2) is 0 Å². The Bertz CT molecular complexity index is 3070. The third-order valence-corrected chi connectivity index (χ3v) is 18.5. The predicted molar refractivity (Wildman–Crippen MR) is 287 cm³/mol. The first-order valence-corrected chi connectivity index (χ1v) is 24.3. The lowest BCUT2D eigenvalue weighted by molar-refractivity contribution is 0.877. The van der Waals surface area contributed by atoms with Crippen LogP contribution in [0.15, 0.2) is 36.4 Å². The molecule has 0 unspecified atom stereocenters. The average Bonchev–Trinajstić information content (AvgIpc) is 3.82. The van der Waals surface area contributed by atoms with Gasteiger partial charge in [0.15, 0.2) is 0 Å². The molecule has 0 bridgehead atoms. The van der Waals surface area contributed by atoms with Crippen molar-refractivity contribution in [3.8, 4) is 22.3 Å². The molecule has 322 valence electrons. The van der Waals surface area contributed by atoms with Crippen LogP contribution in [0.2, 0.25) is 0 Å². The third kappa shape index (κ3) is 5.21. The molecule has 0 fully saturated rings. The molecule has 8 aromatic carbocycles. The zero-order valence-corrected chi connectivity index (χ0v) is 42.8. The highest BCUT2D eigenvalue weighted by atomic mass is 14.3. The zero-order valence-electron chi connectivity index (χ0n) is 42.8. The van der Waals surface area contributed by atoms with Crippen molar-refractivity contribution in [3.05, 3.63) is 137 Å². The molecule has 0 aliphatic carbocycles. The summed E-state index contributed by atoms with van der Waals surface area (Å²) in [4.78, 5) is 0. The Hall–Kier alpha value is -5.07. The molecule has 0 saturated carbocycles. The van der Waals surface area contributed by atoms with E-state index in [2.05, 4.69) is 175 Å². The second-order valence-electron chi connectivity index (χ2n) is 21.5. The van der Waals surface area contributed by atoms with Crippen LogP contribution in [0.25, 0.3) is 54.6 Å². The lowest BCUT2D eigenvalue weighted by Crippen LogP contribution is -2.52. The molecule has 0 aromatic heterocycles. The molecular formula is C62H68B2. The van der Waals surface area contributed by atoms with Crippen LogP contribution in [-0.4, -0.2) is 13.4 Å². The first-order chi connectivity index (χ1) is 30.1. The van der Waals surface area contributed by atoms with E-state index in [1.165, 1.54) is 187 Å². The number of benzene rings is 8. The van der Waals surface area contributed by atoms with Gasteiger partial charge in [0.25, 0.3) is 0 Å². The molecule has 0 saturated heterocycles. The topological polar surface area (TPSA) is 0 Å². The van der Waals surface area contributed by atoms with E-state index in [9.17, 15) is 0 Å². The molecule has 0 nitrogen and oxygen atoms in total. The number of hydrogen-bond acceptors (Lipinski definition) is 0. The van der Waals surface area contributed by atoms with Gasteiger partial charge in [0.1, 0.15) is 0 Å². The van der Waals surface area contributed by atoms with Crippen molar-refractivity contribution >= 4 is 78.5 Å². The van der Waals surface area contributed by atoms with E-state index in [4.69, 9.17) is 0 Å². The quantitative estimate of drug-likeness (QED) is 0.122. The number of rotatable bonds is 4. The Morgan fingerprint density at radius 1 is 0.281 bits per heavy atom. The first kappa shape index (κ1) is 42.9. The van der Waals surface area contributed by atoms with E-state index in [1.807, 2.05) is 0 Å². The Morgan fingerprint density at radius 3 is 0.734 bits per heavy atom. The third-order valence-electron chi connectivity index (χ3n) is 18.5. The molecule has 0 spiro atoms. The fourth-order valence-electron chi connectivity index (χ4n) is 13.5. The van der Waals surface area contributed by atoms with Gasteiger partial charge in [0, 0.05) is 0 Å². The summed E-state index contributed by atoms with van der Waals surface area (Å²) in [6.07, 6.45) is 0. The average molecular weight is 835 g/mol. The molecule has 0 N–H and O–H groups in total. The smallest absolute Gasteiger partial charge is 0.0623 e. The van der Waals surface area contributed by atoms with E-state index in [-0.39, 0.29) is 13.4 Å². The highest BCUT2D eigenvalue weighted by Crippen LogP contribution is 2.44. The summed E-state index contributed by atoms with van der Waals surface area (Å²) in [5.74, 6) is 0.722. The first-order valence-electron chi connectivity index (χ1n) is 24.3. The highest BCUT2D eigenvalue weighted by molar-refractivity contribution is 7.02. The molecule has 0 amide bonds.